The van der Waals surface area contributed by atoms with Crippen LogP contribution in [0.4, 0.5) is 0 Å². The van der Waals surface area contributed by atoms with Crippen LogP contribution in [0.1, 0.15) is 29.8 Å². The molecule has 0 unspecified atom stereocenters. The number of benzene rings is 1. The SMILES string of the molecule is CNCCN(C)C(=O)c1ccc(COC(C)C)cc1. The Morgan fingerprint density at radius 1 is 1.32 bits per heavy atom. The third-order valence-corrected chi connectivity index (χ3v) is 2.83. The lowest BCUT2D eigenvalue weighted by Crippen LogP contribution is -2.32. The molecule has 1 N–H and O–H groups in total. The van der Waals surface area contributed by atoms with Crippen molar-refractivity contribution in [1.82, 2.24) is 10.2 Å². The van der Waals surface area contributed by atoms with E-state index >= 15 is 0 Å². The van der Waals surface area contributed by atoms with Gasteiger partial charge in [0.25, 0.3) is 5.91 Å². The van der Waals surface area contributed by atoms with Crippen LogP contribution in [-0.2, 0) is 11.3 Å². The van der Waals surface area contributed by atoms with Crippen LogP contribution in [0.25, 0.3) is 0 Å². The first-order chi connectivity index (χ1) is 9.04. The molecule has 1 amide bonds. The first kappa shape index (κ1) is 15.7. The van der Waals surface area contributed by atoms with E-state index in [4.69, 9.17) is 4.74 Å². The molecule has 0 heterocycles. The van der Waals surface area contributed by atoms with Crippen molar-refractivity contribution in [3.63, 3.8) is 0 Å². The molecule has 0 saturated heterocycles. The van der Waals surface area contributed by atoms with Crippen molar-refractivity contribution < 1.29 is 9.53 Å². The molecule has 1 aromatic rings. The Balaban J connectivity index is 2.57. The van der Waals surface area contributed by atoms with Gasteiger partial charge in [-0.05, 0) is 38.6 Å². The van der Waals surface area contributed by atoms with E-state index in [0.717, 1.165) is 12.1 Å². The van der Waals surface area contributed by atoms with Crippen LogP contribution < -0.4 is 5.32 Å². The summed E-state index contributed by atoms with van der Waals surface area (Å²) < 4.78 is 5.53. The molecule has 1 aromatic carbocycles. The molecule has 106 valence electrons. The summed E-state index contributed by atoms with van der Waals surface area (Å²) in [4.78, 5) is 13.8. The molecule has 0 spiro atoms. The molecule has 0 aromatic heterocycles. The second kappa shape index (κ2) is 7.92. The van der Waals surface area contributed by atoms with Crippen LogP contribution in [0.15, 0.2) is 24.3 Å². The van der Waals surface area contributed by atoms with Crippen LogP contribution >= 0.6 is 0 Å². The lowest BCUT2D eigenvalue weighted by atomic mass is 10.1. The highest BCUT2D eigenvalue weighted by molar-refractivity contribution is 5.94. The summed E-state index contributed by atoms with van der Waals surface area (Å²) in [5.41, 5.74) is 1.80. The fraction of sp³-hybridized carbons (Fsp3) is 0.533. The predicted octanol–water partition coefficient (Wildman–Crippen LogP) is 1.90. The Morgan fingerprint density at radius 2 is 1.95 bits per heavy atom. The number of nitrogens with one attached hydrogen (secondary N) is 1. The largest absolute Gasteiger partial charge is 0.374 e. The number of carbonyl (C=O) groups is 1. The molecule has 0 bridgehead atoms. The van der Waals surface area contributed by atoms with Crippen molar-refractivity contribution in [2.24, 2.45) is 0 Å². The second-order valence-electron chi connectivity index (χ2n) is 4.89. The zero-order chi connectivity index (χ0) is 14.3. The number of hydrogen-bond donors (Lipinski definition) is 1. The van der Waals surface area contributed by atoms with Gasteiger partial charge in [0.1, 0.15) is 0 Å². The van der Waals surface area contributed by atoms with Gasteiger partial charge in [0, 0.05) is 25.7 Å². The Kier molecular flexibility index (Phi) is 6.53. The van der Waals surface area contributed by atoms with Crippen molar-refractivity contribution >= 4 is 5.91 Å². The lowest BCUT2D eigenvalue weighted by Gasteiger charge is -2.17. The molecule has 4 heteroatoms. The van der Waals surface area contributed by atoms with Crippen LogP contribution in [0.2, 0.25) is 0 Å². The maximum atomic E-state index is 12.1. The van der Waals surface area contributed by atoms with Gasteiger partial charge in [-0.25, -0.2) is 0 Å². The van der Waals surface area contributed by atoms with Gasteiger partial charge in [0.05, 0.1) is 12.7 Å². The Labute approximate surface area is 115 Å². The van der Waals surface area contributed by atoms with E-state index in [0.29, 0.717) is 18.7 Å². The maximum Gasteiger partial charge on any atom is 0.253 e. The van der Waals surface area contributed by atoms with E-state index < -0.39 is 0 Å². The summed E-state index contributed by atoms with van der Waals surface area (Å²) in [6.45, 7) is 6.10. The third-order valence-electron chi connectivity index (χ3n) is 2.83. The van der Waals surface area contributed by atoms with Gasteiger partial charge in [-0.1, -0.05) is 12.1 Å². The Hall–Kier alpha value is -1.39. The van der Waals surface area contributed by atoms with Gasteiger partial charge in [-0.15, -0.1) is 0 Å². The summed E-state index contributed by atoms with van der Waals surface area (Å²) in [6.07, 6.45) is 0.217. The highest BCUT2D eigenvalue weighted by Gasteiger charge is 2.10. The quantitative estimate of drug-likeness (QED) is 0.818. The molecule has 1 rings (SSSR count). The van der Waals surface area contributed by atoms with Crippen LogP contribution in [0.3, 0.4) is 0 Å². The number of nitrogens with zero attached hydrogens (tertiary/aromatic N) is 1. The summed E-state index contributed by atoms with van der Waals surface area (Å²) in [5, 5.41) is 3.03. The summed E-state index contributed by atoms with van der Waals surface area (Å²) in [5.74, 6) is 0.0478. The normalized spacial score (nSPS) is 10.8. The first-order valence-electron chi connectivity index (χ1n) is 6.65. The zero-order valence-corrected chi connectivity index (χ0v) is 12.3. The summed E-state index contributed by atoms with van der Waals surface area (Å²) in [6, 6.07) is 7.61. The van der Waals surface area contributed by atoms with E-state index in [1.807, 2.05) is 52.2 Å². The van der Waals surface area contributed by atoms with Gasteiger partial charge in [0.15, 0.2) is 0 Å². The number of hydrogen-bond acceptors (Lipinski definition) is 3. The molecule has 0 radical (unpaired) electrons. The zero-order valence-electron chi connectivity index (χ0n) is 12.3. The monoisotopic (exact) mass is 264 g/mol. The highest BCUT2D eigenvalue weighted by Crippen LogP contribution is 2.09. The predicted molar refractivity (Wildman–Crippen MR) is 77.3 cm³/mol. The van der Waals surface area contributed by atoms with E-state index in [1.165, 1.54) is 0 Å². The maximum absolute atomic E-state index is 12.1. The van der Waals surface area contributed by atoms with Crippen molar-refractivity contribution in [2.75, 3.05) is 27.2 Å². The minimum absolute atomic E-state index is 0.0478. The number of ether oxygens (including phenoxy) is 1. The average molecular weight is 264 g/mol. The molecule has 0 aliphatic rings. The number of likely N-dealkylation sites (N-methyl/N-ethyl adjacent to an activating group) is 2. The highest BCUT2D eigenvalue weighted by atomic mass is 16.5. The molecule has 0 saturated carbocycles. The van der Waals surface area contributed by atoms with Gasteiger partial charge in [-0.3, -0.25) is 4.79 Å². The van der Waals surface area contributed by atoms with Crippen LogP contribution in [-0.4, -0.2) is 44.1 Å². The molecule has 19 heavy (non-hydrogen) atoms. The fourth-order valence-corrected chi connectivity index (χ4v) is 1.61. The number of amides is 1. The van der Waals surface area contributed by atoms with E-state index in [1.54, 1.807) is 4.90 Å². The lowest BCUT2D eigenvalue weighted by molar-refractivity contribution is 0.0656. The molecule has 0 fully saturated rings. The average Bonchev–Trinajstić information content (AvgIpc) is 2.42. The van der Waals surface area contributed by atoms with Crippen LogP contribution in [0, 0.1) is 0 Å². The molecule has 0 aliphatic heterocycles. The minimum Gasteiger partial charge on any atom is -0.374 e. The van der Waals surface area contributed by atoms with E-state index in [-0.39, 0.29) is 12.0 Å². The third kappa shape index (κ3) is 5.41. The molecule has 4 nitrogen and oxygen atoms in total. The van der Waals surface area contributed by atoms with Gasteiger partial charge < -0.3 is 15.0 Å². The molecule has 0 aliphatic carbocycles. The van der Waals surface area contributed by atoms with Crippen molar-refractivity contribution in [2.45, 2.75) is 26.6 Å². The van der Waals surface area contributed by atoms with Gasteiger partial charge in [-0.2, -0.15) is 0 Å². The van der Waals surface area contributed by atoms with Crippen LogP contribution in [0.5, 0.6) is 0 Å². The molecule has 0 atom stereocenters. The smallest absolute Gasteiger partial charge is 0.253 e. The summed E-state index contributed by atoms with van der Waals surface area (Å²) in [7, 11) is 3.69. The second-order valence-corrected chi connectivity index (χ2v) is 4.89. The van der Waals surface area contributed by atoms with E-state index in [9.17, 15) is 4.79 Å². The van der Waals surface area contributed by atoms with Crippen molar-refractivity contribution in [3.05, 3.63) is 35.4 Å². The van der Waals surface area contributed by atoms with Crippen molar-refractivity contribution in [1.29, 1.82) is 0 Å². The fourth-order valence-electron chi connectivity index (χ4n) is 1.61. The number of rotatable bonds is 7. The summed E-state index contributed by atoms with van der Waals surface area (Å²) >= 11 is 0. The standard InChI is InChI=1S/C15H24N2O2/c1-12(2)19-11-13-5-7-14(8-6-13)15(18)17(4)10-9-16-3/h5-8,12,16H,9-11H2,1-4H3. The number of carbonyl (C=O) groups excluding carboxylic acids is 1. The molecular formula is C15H24N2O2. The van der Waals surface area contributed by atoms with Gasteiger partial charge in [0.2, 0.25) is 0 Å². The topological polar surface area (TPSA) is 41.6 Å². The Bertz CT molecular complexity index is 388. The molecular weight excluding hydrogens is 240 g/mol. The minimum atomic E-state index is 0.0478. The van der Waals surface area contributed by atoms with E-state index in [2.05, 4.69) is 5.32 Å². The Morgan fingerprint density at radius 3 is 2.47 bits per heavy atom. The van der Waals surface area contributed by atoms with Gasteiger partial charge >= 0.3 is 0 Å². The van der Waals surface area contributed by atoms with Crippen molar-refractivity contribution in [3.8, 4) is 0 Å². The first-order valence-corrected chi connectivity index (χ1v) is 6.65.